The normalized spacial score (nSPS) is 13.7. The fraction of sp³-hybridized carbons (Fsp3) is 0.286. The summed E-state index contributed by atoms with van der Waals surface area (Å²) in [6.07, 6.45) is 2.04. The first-order chi connectivity index (χ1) is 14.5. The van der Waals surface area contributed by atoms with E-state index in [1.807, 2.05) is 0 Å². The van der Waals surface area contributed by atoms with Gasteiger partial charge in [0.1, 0.15) is 16.4 Å². The Labute approximate surface area is 177 Å². The van der Waals surface area contributed by atoms with Gasteiger partial charge in [-0.05, 0) is 43.2 Å². The first-order valence-corrected chi connectivity index (χ1v) is 11.2. The third-order valence-electron chi connectivity index (χ3n) is 5.43. The second-order valence-corrected chi connectivity index (χ2v) is 9.85. The maximum absolute atomic E-state index is 14.1. The molecule has 0 saturated heterocycles. The summed E-state index contributed by atoms with van der Waals surface area (Å²) in [4.78, 5) is 29.2. The first kappa shape index (κ1) is 22.5. The minimum absolute atomic E-state index is 0.0670. The maximum Gasteiger partial charge on any atom is 0.261 e. The Morgan fingerprint density at radius 2 is 1.84 bits per heavy atom. The molecule has 0 unspecified atom stereocenters. The van der Waals surface area contributed by atoms with Crippen LogP contribution in [0.15, 0.2) is 47.5 Å². The molecule has 1 aromatic heterocycles. The summed E-state index contributed by atoms with van der Waals surface area (Å²) >= 11 is 0. The van der Waals surface area contributed by atoms with Crippen LogP contribution in [0.3, 0.4) is 0 Å². The van der Waals surface area contributed by atoms with Crippen LogP contribution in [-0.4, -0.2) is 41.9 Å². The smallest absolute Gasteiger partial charge is 0.261 e. The molecule has 0 saturated carbocycles. The van der Waals surface area contributed by atoms with Crippen LogP contribution in [0.4, 0.5) is 8.78 Å². The van der Waals surface area contributed by atoms with Crippen LogP contribution in [-0.2, 0) is 21.2 Å². The van der Waals surface area contributed by atoms with Gasteiger partial charge in [-0.2, -0.15) is 0 Å². The first-order valence-electron chi connectivity index (χ1n) is 9.35. The Balaban J connectivity index is 1.99. The van der Waals surface area contributed by atoms with Crippen molar-refractivity contribution in [2.24, 2.45) is 0 Å². The molecule has 1 amide bonds. The molecule has 0 spiro atoms. The number of sulfone groups is 1. The van der Waals surface area contributed by atoms with Crippen molar-refractivity contribution in [2.45, 2.75) is 24.6 Å². The van der Waals surface area contributed by atoms with E-state index in [2.05, 4.69) is 10.3 Å². The lowest BCUT2D eigenvalue weighted by Crippen LogP contribution is -2.49. The predicted molar refractivity (Wildman–Crippen MR) is 113 cm³/mol. The van der Waals surface area contributed by atoms with Gasteiger partial charge in [0.2, 0.25) is 5.91 Å². The van der Waals surface area contributed by atoms with E-state index in [4.69, 9.17) is 0 Å². The van der Waals surface area contributed by atoms with E-state index in [1.165, 1.54) is 49.1 Å². The quantitative estimate of drug-likeness (QED) is 0.623. The molecule has 1 heterocycles. The Hall–Kier alpha value is -3.14. The van der Waals surface area contributed by atoms with Crippen molar-refractivity contribution in [1.29, 1.82) is 0 Å². The molecule has 7 nitrogen and oxygen atoms in total. The highest BCUT2D eigenvalue weighted by atomic mass is 32.2. The van der Waals surface area contributed by atoms with Crippen molar-refractivity contribution in [3.05, 3.63) is 64.7 Å². The summed E-state index contributed by atoms with van der Waals surface area (Å²) in [6, 6.07) is 7.78. The molecular weight excluding hydrogens is 428 g/mol. The lowest BCUT2D eigenvalue weighted by molar-refractivity contribution is -0.123. The van der Waals surface area contributed by atoms with E-state index < -0.39 is 37.7 Å². The van der Waals surface area contributed by atoms with Gasteiger partial charge in [-0.15, -0.1) is 0 Å². The highest BCUT2D eigenvalue weighted by Gasteiger charge is 2.42. The lowest BCUT2D eigenvalue weighted by Gasteiger charge is -2.25. The zero-order valence-corrected chi connectivity index (χ0v) is 18.0. The van der Waals surface area contributed by atoms with E-state index >= 15 is 0 Å². The molecule has 1 atom stereocenters. The van der Waals surface area contributed by atoms with Crippen LogP contribution in [0.2, 0.25) is 0 Å². The van der Waals surface area contributed by atoms with Gasteiger partial charge in [-0.3, -0.25) is 14.2 Å². The van der Waals surface area contributed by atoms with E-state index in [1.54, 1.807) is 0 Å². The summed E-state index contributed by atoms with van der Waals surface area (Å²) in [6.45, 7) is 1.23. The summed E-state index contributed by atoms with van der Waals surface area (Å²) < 4.78 is 52.0. The Bertz CT molecular complexity index is 1320. The van der Waals surface area contributed by atoms with Gasteiger partial charge in [0.25, 0.3) is 5.56 Å². The van der Waals surface area contributed by atoms with Crippen LogP contribution in [0, 0.1) is 11.6 Å². The monoisotopic (exact) mass is 449 g/mol. The van der Waals surface area contributed by atoms with E-state index in [-0.39, 0.29) is 35.0 Å². The molecule has 164 valence electrons. The fourth-order valence-corrected chi connectivity index (χ4v) is 4.21. The molecule has 3 aromatic rings. The van der Waals surface area contributed by atoms with E-state index in [9.17, 15) is 26.8 Å². The summed E-state index contributed by atoms with van der Waals surface area (Å²) in [5.74, 6) is -2.14. The molecule has 2 aromatic carbocycles. The average molecular weight is 449 g/mol. The molecule has 10 heteroatoms. The molecule has 0 fully saturated rings. The predicted octanol–water partition coefficient (Wildman–Crippen LogP) is 2.28. The molecule has 31 heavy (non-hydrogen) atoms. The number of carbonyl (C=O) groups is 1. The molecule has 0 aliphatic rings. The van der Waals surface area contributed by atoms with E-state index in [0.717, 1.165) is 18.4 Å². The van der Waals surface area contributed by atoms with Gasteiger partial charge >= 0.3 is 0 Å². The average Bonchev–Trinajstić information content (AvgIpc) is 2.71. The number of aryl methyl sites for hydroxylation is 1. The SMILES string of the molecule is CNC(=O)[C@@](C)(CCn1cnc2cc(-c3c(F)cccc3F)ccc2c1=O)S(C)(=O)=O. The third kappa shape index (κ3) is 4.07. The second-order valence-electron chi connectivity index (χ2n) is 7.40. The molecular formula is C21H21F2N3O4S. The Kier molecular flexibility index (Phi) is 5.95. The van der Waals surface area contributed by atoms with Crippen molar-refractivity contribution in [3.8, 4) is 11.1 Å². The summed E-state index contributed by atoms with van der Waals surface area (Å²) in [7, 11) is -2.43. The van der Waals surface area contributed by atoms with Crippen molar-refractivity contribution >= 4 is 26.6 Å². The van der Waals surface area contributed by atoms with Crippen LogP contribution in [0.25, 0.3) is 22.0 Å². The van der Waals surface area contributed by atoms with Gasteiger partial charge in [-0.1, -0.05) is 12.1 Å². The number of halogens is 2. The number of nitrogens with zero attached hydrogens (tertiary/aromatic N) is 2. The highest BCUT2D eigenvalue weighted by Crippen LogP contribution is 2.28. The minimum atomic E-state index is -3.76. The standard InChI is InChI=1S/C21H21F2N3O4S/c1-21(20(28)24-2,31(3,29)30)9-10-26-12-25-17-11-13(7-8-14(17)19(26)27)18-15(22)5-4-6-16(18)23/h4-8,11-12H,9-10H2,1-3H3,(H,24,28)/t21-/m1/s1. The van der Waals surface area contributed by atoms with Crippen molar-refractivity contribution in [3.63, 3.8) is 0 Å². The number of benzene rings is 2. The highest BCUT2D eigenvalue weighted by molar-refractivity contribution is 7.92. The third-order valence-corrected chi connectivity index (χ3v) is 7.46. The molecule has 3 rings (SSSR count). The zero-order chi connectivity index (χ0) is 23.0. The molecule has 0 radical (unpaired) electrons. The number of fused-ring (bicyclic) bond motifs is 1. The summed E-state index contributed by atoms with van der Waals surface area (Å²) in [5.41, 5.74) is -0.209. The maximum atomic E-state index is 14.1. The van der Waals surface area contributed by atoms with Crippen LogP contribution in [0.5, 0.6) is 0 Å². The van der Waals surface area contributed by atoms with Gasteiger partial charge in [0, 0.05) is 19.8 Å². The van der Waals surface area contributed by atoms with Gasteiger partial charge in [0.05, 0.1) is 22.8 Å². The van der Waals surface area contributed by atoms with Crippen molar-refractivity contribution < 1.29 is 22.0 Å². The Morgan fingerprint density at radius 3 is 2.42 bits per heavy atom. The molecule has 0 aliphatic heterocycles. The van der Waals surface area contributed by atoms with Crippen LogP contribution in [0.1, 0.15) is 13.3 Å². The number of amides is 1. The fourth-order valence-electron chi connectivity index (χ4n) is 3.31. The Morgan fingerprint density at radius 1 is 1.19 bits per heavy atom. The van der Waals surface area contributed by atoms with E-state index in [0.29, 0.717) is 0 Å². The number of nitrogens with one attached hydrogen (secondary N) is 1. The van der Waals surface area contributed by atoms with Crippen molar-refractivity contribution in [2.75, 3.05) is 13.3 Å². The lowest BCUT2D eigenvalue weighted by atomic mass is 10.0. The minimum Gasteiger partial charge on any atom is -0.358 e. The number of rotatable bonds is 6. The van der Waals surface area contributed by atoms with Gasteiger partial charge in [-0.25, -0.2) is 22.2 Å². The number of aromatic nitrogens is 2. The van der Waals surface area contributed by atoms with Crippen molar-refractivity contribution in [1.82, 2.24) is 14.9 Å². The number of hydrogen-bond donors (Lipinski definition) is 1. The molecule has 0 aliphatic carbocycles. The van der Waals surface area contributed by atoms with Gasteiger partial charge in [0.15, 0.2) is 9.84 Å². The molecule has 0 bridgehead atoms. The number of carbonyl (C=O) groups excluding carboxylic acids is 1. The van der Waals surface area contributed by atoms with Crippen LogP contribution >= 0.6 is 0 Å². The second kappa shape index (κ2) is 8.18. The van der Waals surface area contributed by atoms with Gasteiger partial charge < -0.3 is 5.32 Å². The number of hydrogen-bond acceptors (Lipinski definition) is 5. The zero-order valence-electron chi connectivity index (χ0n) is 17.1. The molecule has 1 N–H and O–H groups in total. The summed E-state index contributed by atoms with van der Waals surface area (Å²) in [5, 5.41) is 2.54. The topological polar surface area (TPSA) is 98.1 Å². The largest absolute Gasteiger partial charge is 0.358 e. The van der Waals surface area contributed by atoms with Crippen LogP contribution < -0.4 is 10.9 Å².